The van der Waals surface area contributed by atoms with E-state index in [0.717, 1.165) is 16.7 Å². The molecule has 7 heteroatoms. The Labute approximate surface area is 174 Å². The Morgan fingerprint density at radius 2 is 1.80 bits per heavy atom. The molecule has 1 aliphatic heterocycles. The number of hydrogen-bond donors (Lipinski definition) is 1. The molecule has 0 aliphatic carbocycles. The fourth-order valence-corrected chi connectivity index (χ4v) is 3.26. The van der Waals surface area contributed by atoms with E-state index < -0.39 is 5.54 Å². The van der Waals surface area contributed by atoms with E-state index in [2.05, 4.69) is 10.4 Å². The monoisotopic (exact) mass is 405 g/mol. The minimum Gasteiger partial charge on any atom is -0.454 e. The summed E-state index contributed by atoms with van der Waals surface area (Å²) < 4.78 is 12.0. The highest BCUT2D eigenvalue weighted by Gasteiger charge is 2.32. The molecule has 1 N–H and O–H groups in total. The third-order valence-corrected chi connectivity index (χ3v) is 5.20. The van der Waals surface area contributed by atoms with E-state index in [4.69, 9.17) is 9.47 Å². The van der Waals surface area contributed by atoms with Crippen molar-refractivity contribution in [1.82, 2.24) is 9.78 Å². The summed E-state index contributed by atoms with van der Waals surface area (Å²) in [5.74, 6) is 0.966. The van der Waals surface area contributed by atoms with Crippen molar-refractivity contribution < 1.29 is 14.3 Å². The van der Waals surface area contributed by atoms with Gasteiger partial charge in [-0.1, -0.05) is 12.1 Å². The molecule has 0 fully saturated rings. The molecule has 0 saturated heterocycles. The number of anilines is 1. The van der Waals surface area contributed by atoms with Crippen LogP contribution in [0.1, 0.15) is 25.0 Å². The molecule has 3 aromatic rings. The number of fused-ring (bicyclic) bond motifs is 1. The van der Waals surface area contributed by atoms with Gasteiger partial charge < -0.3 is 14.8 Å². The summed E-state index contributed by atoms with van der Waals surface area (Å²) >= 11 is 0. The Hall–Kier alpha value is -3.61. The predicted molar refractivity (Wildman–Crippen MR) is 114 cm³/mol. The van der Waals surface area contributed by atoms with E-state index in [1.807, 2.05) is 44.2 Å². The molecule has 7 nitrogen and oxygen atoms in total. The maximum atomic E-state index is 13.1. The summed E-state index contributed by atoms with van der Waals surface area (Å²) in [6.45, 7) is 7.40. The molecule has 0 atom stereocenters. The molecule has 154 valence electrons. The number of nitrogens with one attached hydrogen (secondary N) is 1. The number of benzene rings is 2. The zero-order chi connectivity index (χ0) is 21.5. The lowest BCUT2D eigenvalue weighted by Gasteiger charge is -2.26. The van der Waals surface area contributed by atoms with Crippen LogP contribution in [0.3, 0.4) is 0 Å². The first kappa shape index (κ1) is 19.7. The smallest absolute Gasteiger partial charge is 0.267 e. The van der Waals surface area contributed by atoms with Gasteiger partial charge in [0.25, 0.3) is 11.5 Å². The van der Waals surface area contributed by atoms with Gasteiger partial charge >= 0.3 is 0 Å². The first-order valence-corrected chi connectivity index (χ1v) is 9.65. The van der Waals surface area contributed by atoms with Crippen molar-refractivity contribution in [3.63, 3.8) is 0 Å². The maximum Gasteiger partial charge on any atom is 0.267 e. The fourth-order valence-electron chi connectivity index (χ4n) is 3.26. The van der Waals surface area contributed by atoms with Crippen LogP contribution in [0.4, 0.5) is 5.69 Å². The van der Waals surface area contributed by atoms with Crippen LogP contribution < -0.4 is 20.3 Å². The summed E-state index contributed by atoms with van der Waals surface area (Å²) in [5, 5.41) is 7.42. The zero-order valence-corrected chi connectivity index (χ0v) is 17.4. The molecule has 0 bridgehead atoms. The predicted octanol–water partition coefficient (Wildman–Crippen LogP) is 3.63. The van der Waals surface area contributed by atoms with Gasteiger partial charge in [0.05, 0.1) is 5.69 Å². The Kier molecular flexibility index (Phi) is 4.81. The lowest BCUT2D eigenvalue weighted by atomic mass is 10.0. The van der Waals surface area contributed by atoms with Crippen LogP contribution in [0, 0.1) is 13.8 Å². The highest BCUT2D eigenvalue weighted by atomic mass is 16.7. The zero-order valence-electron chi connectivity index (χ0n) is 17.4. The standard InChI is InChI=1S/C23H23N3O4/c1-14-5-6-15(2)18(11-14)24-22(28)23(3,4)26-21(27)10-8-17(25-26)16-7-9-19-20(12-16)30-13-29-19/h5-12H,13H2,1-4H3,(H,24,28). The molecular formula is C23H23N3O4. The van der Waals surface area contributed by atoms with E-state index in [0.29, 0.717) is 22.9 Å². The number of ether oxygens (including phenoxy) is 2. The third-order valence-electron chi connectivity index (χ3n) is 5.20. The van der Waals surface area contributed by atoms with Crippen LogP contribution in [0.15, 0.2) is 53.3 Å². The summed E-state index contributed by atoms with van der Waals surface area (Å²) in [6.07, 6.45) is 0. The van der Waals surface area contributed by atoms with Crippen molar-refractivity contribution in [2.45, 2.75) is 33.2 Å². The molecule has 4 rings (SSSR count). The van der Waals surface area contributed by atoms with E-state index in [9.17, 15) is 9.59 Å². The molecule has 30 heavy (non-hydrogen) atoms. The Bertz CT molecular complexity index is 1200. The number of nitrogens with zero attached hydrogens (tertiary/aromatic N) is 2. The normalized spacial score (nSPS) is 12.7. The third kappa shape index (κ3) is 3.54. The van der Waals surface area contributed by atoms with Crippen LogP contribution >= 0.6 is 0 Å². The molecule has 1 aliphatic rings. The van der Waals surface area contributed by atoms with Crippen LogP contribution in [0.2, 0.25) is 0 Å². The van der Waals surface area contributed by atoms with Crippen molar-refractivity contribution in [1.29, 1.82) is 0 Å². The SMILES string of the molecule is Cc1ccc(C)c(NC(=O)C(C)(C)n2nc(-c3ccc4c(c3)OCO4)ccc2=O)c1. The lowest BCUT2D eigenvalue weighted by molar-refractivity contribution is -0.123. The number of aromatic nitrogens is 2. The van der Waals surface area contributed by atoms with Crippen LogP contribution in [-0.4, -0.2) is 22.5 Å². The molecule has 2 aromatic carbocycles. The quantitative estimate of drug-likeness (QED) is 0.717. The van der Waals surface area contributed by atoms with Gasteiger partial charge in [0.1, 0.15) is 5.54 Å². The van der Waals surface area contributed by atoms with Crippen LogP contribution in [-0.2, 0) is 10.3 Å². The molecule has 0 spiro atoms. The molecule has 2 heterocycles. The second-order valence-electron chi connectivity index (χ2n) is 7.87. The first-order chi connectivity index (χ1) is 14.3. The van der Waals surface area contributed by atoms with Gasteiger partial charge in [-0.05, 0) is 69.2 Å². The average molecular weight is 405 g/mol. The van der Waals surface area contributed by atoms with Gasteiger partial charge in [-0.3, -0.25) is 9.59 Å². The summed E-state index contributed by atoms with van der Waals surface area (Å²) in [4.78, 5) is 25.7. The second-order valence-corrected chi connectivity index (χ2v) is 7.87. The van der Waals surface area contributed by atoms with Crippen molar-refractivity contribution in [3.8, 4) is 22.8 Å². The van der Waals surface area contributed by atoms with E-state index in [1.165, 1.54) is 10.7 Å². The van der Waals surface area contributed by atoms with Gasteiger partial charge in [-0.15, -0.1) is 0 Å². The molecule has 0 saturated carbocycles. The minimum absolute atomic E-state index is 0.178. The van der Waals surface area contributed by atoms with Crippen LogP contribution in [0.5, 0.6) is 11.5 Å². The average Bonchev–Trinajstić information content (AvgIpc) is 3.18. The van der Waals surface area contributed by atoms with Gasteiger partial charge in [0.15, 0.2) is 11.5 Å². The van der Waals surface area contributed by atoms with E-state index >= 15 is 0 Å². The summed E-state index contributed by atoms with van der Waals surface area (Å²) in [7, 11) is 0. The Morgan fingerprint density at radius 3 is 2.60 bits per heavy atom. The molecular weight excluding hydrogens is 382 g/mol. The van der Waals surface area contributed by atoms with Crippen molar-refractivity contribution in [2.24, 2.45) is 0 Å². The number of hydrogen-bond acceptors (Lipinski definition) is 5. The first-order valence-electron chi connectivity index (χ1n) is 9.65. The van der Waals surface area contributed by atoms with Crippen LogP contribution in [0.25, 0.3) is 11.3 Å². The van der Waals surface area contributed by atoms with E-state index in [-0.39, 0.29) is 18.3 Å². The summed E-state index contributed by atoms with van der Waals surface area (Å²) in [6, 6.07) is 14.3. The van der Waals surface area contributed by atoms with Crippen molar-refractivity contribution in [3.05, 3.63) is 70.0 Å². The number of rotatable bonds is 4. The second kappa shape index (κ2) is 7.33. The Balaban J connectivity index is 1.68. The van der Waals surface area contributed by atoms with Crippen molar-refractivity contribution >= 4 is 11.6 Å². The number of amides is 1. The van der Waals surface area contributed by atoms with E-state index in [1.54, 1.807) is 26.0 Å². The molecule has 1 amide bonds. The largest absolute Gasteiger partial charge is 0.454 e. The van der Waals surface area contributed by atoms with Gasteiger partial charge in [-0.25, -0.2) is 4.68 Å². The topological polar surface area (TPSA) is 82.5 Å². The molecule has 0 unspecified atom stereocenters. The van der Waals surface area contributed by atoms with Crippen molar-refractivity contribution in [2.75, 3.05) is 12.1 Å². The number of aryl methyl sites for hydroxylation is 2. The number of carbonyl (C=O) groups excluding carboxylic acids is 1. The van der Waals surface area contributed by atoms with Gasteiger partial charge in [0, 0.05) is 17.3 Å². The van der Waals surface area contributed by atoms with Gasteiger partial charge in [-0.2, -0.15) is 5.10 Å². The fraction of sp³-hybridized carbons (Fsp3) is 0.261. The number of carbonyl (C=O) groups is 1. The Morgan fingerprint density at radius 1 is 1.03 bits per heavy atom. The molecule has 1 aromatic heterocycles. The minimum atomic E-state index is -1.21. The summed E-state index contributed by atoms with van der Waals surface area (Å²) in [5.41, 5.74) is 2.44. The van der Waals surface area contributed by atoms with Gasteiger partial charge in [0.2, 0.25) is 6.79 Å². The highest BCUT2D eigenvalue weighted by molar-refractivity contribution is 5.96. The molecule has 0 radical (unpaired) electrons. The maximum absolute atomic E-state index is 13.1. The highest BCUT2D eigenvalue weighted by Crippen LogP contribution is 2.35. The lowest BCUT2D eigenvalue weighted by Crippen LogP contribution is -2.47.